The molecule has 27 heavy (non-hydrogen) atoms. The summed E-state index contributed by atoms with van der Waals surface area (Å²) in [5.41, 5.74) is 0. The van der Waals surface area contributed by atoms with Crippen LogP contribution < -0.4 is 19.5 Å². The fourth-order valence-electron chi connectivity index (χ4n) is 3.17. The lowest BCUT2D eigenvalue weighted by molar-refractivity contribution is -0.666. The number of ether oxygens (including phenoxy) is 3. The summed E-state index contributed by atoms with van der Waals surface area (Å²) in [5, 5.41) is 14.5. The Bertz CT molecular complexity index is 898. The van der Waals surface area contributed by atoms with E-state index in [1.807, 2.05) is 59.9 Å². The predicted octanol–water partition coefficient (Wildman–Crippen LogP) is 1.98. The smallest absolute Gasteiger partial charge is 0.181 e. The van der Waals surface area contributed by atoms with Crippen LogP contribution in [0.25, 0.3) is 10.8 Å². The van der Waals surface area contributed by atoms with Gasteiger partial charge in [0.25, 0.3) is 0 Å². The predicted molar refractivity (Wildman–Crippen MR) is 103 cm³/mol. The average molecular weight is 366 g/mol. The van der Waals surface area contributed by atoms with Crippen LogP contribution in [-0.2, 0) is 0 Å². The van der Waals surface area contributed by atoms with Gasteiger partial charge in [-0.3, -0.25) is 0 Å². The largest absolute Gasteiger partial charge is 0.491 e. The number of quaternary nitrogens is 1. The first-order chi connectivity index (χ1) is 13.3. The molecule has 2 atom stereocenters. The Balaban J connectivity index is 1.20. The van der Waals surface area contributed by atoms with Crippen molar-refractivity contribution in [1.29, 1.82) is 0 Å². The summed E-state index contributed by atoms with van der Waals surface area (Å²) >= 11 is 0. The Kier molecular flexibility index (Phi) is 5.42. The van der Waals surface area contributed by atoms with Gasteiger partial charge in [-0.1, -0.05) is 42.5 Å². The third-order valence-electron chi connectivity index (χ3n) is 4.60. The number of aliphatic hydroxyl groups is 1. The summed E-state index contributed by atoms with van der Waals surface area (Å²) in [7, 11) is 0. The second kappa shape index (κ2) is 8.29. The lowest BCUT2D eigenvalue weighted by Crippen LogP contribution is -2.89. The molecule has 0 unspecified atom stereocenters. The number of benzene rings is 3. The zero-order chi connectivity index (χ0) is 18.5. The van der Waals surface area contributed by atoms with Crippen molar-refractivity contribution < 1.29 is 24.6 Å². The molecule has 0 aliphatic carbocycles. The van der Waals surface area contributed by atoms with Gasteiger partial charge >= 0.3 is 0 Å². The Morgan fingerprint density at radius 1 is 1.00 bits per heavy atom. The van der Waals surface area contributed by atoms with E-state index in [4.69, 9.17) is 14.2 Å². The number of fused-ring (bicyclic) bond motifs is 2. The molecule has 0 spiro atoms. The molecule has 0 saturated carbocycles. The zero-order valence-corrected chi connectivity index (χ0v) is 15.1. The monoisotopic (exact) mass is 366 g/mol. The third kappa shape index (κ3) is 4.51. The summed E-state index contributed by atoms with van der Waals surface area (Å²) in [6.45, 7) is 2.06. The van der Waals surface area contributed by atoms with Gasteiger partial charge in [0.15, 0.2) is 17.6 Å². The molecule has 3 aromatic carbocycles. The van der Waals surface area contributed by atoms with Gasteiger partial charge in [0, 0.05) is 0 Å². The second-order valence-electron chi connectivity index (χ2n) is 6.73. The highest BCUT2D eigenvalue weighted by molar-refractivity contribution is 5.83. The minimum atomic E-state index is -0.548. The van der Waals surface area contributed by atoms with E-state index in [1.54, 1.807) is 0 Å². The van der Waals surface area contributed by atoms with E-state index in [0.29, 0.717) is 13.2 Å². The van der Waals surface area contributed by atoms with Gasteiger partial charge in [-0.05, 0) is 35.0 Å². The molecule has 0 bridgehead atoms. The number of nitrogens with two attached hydrogens (primary N) is 1. The van der Waals surface area contributed by atoms with Crippen LogP contribution in [0.5, 0.6) is 17.2 Å². The highest BCUT2D eigenvalue weighted by atomic mass is 16.6. The highest BCUT2D eigenvalue weighted by Gasteiger charge is 2.22. The van der Waals surface area contributed by atoms with Gasteiger partial charge in [0.1, 0.15) is 38.2 Å². The number of aliphatic hydroxyl groups excluding tert-OH is 1. The van der Waals surface area contributed by atoms with Gasteiger partial charge in [0.05, 0.1) is 0 Å². The molecule has 0 amide bonds. The summed E-state index contributed by atoms with van der Waals surface area (Å²) in [5.74, 6) is 2.34. The molecule has 4 rings (SSSR count). The summed E-state index contributed by atoms with van der Waals surface area (Å²) in [6, 6.07) is 21.8. The van der Waals surface area contributed by atoms with Crippen molar-refractivity contribution in [2.75, 3.05) is 26.3 Å². The van der Waals surface area contributed by atoms with Crippen molar-refractivity contribution in [3.8, 4) is 17.2 Å². The molecular formula is C22H24NO4+. The van der Waals surface area contributed by atoms with E-state index in [1.165, 1.54) is 5.39 Å². The zero-order valence-electron chi connectivity index (χ0n) is 15.1. The normalized spacial score (nSPS) is 16.9. The Morgan fingerprint density at radius 2 is 1.78 bits per heavy atom. The van der Waals surface area contributed by atoms with Crippen molar-refractivity contribution in [3.63, 3.8) is 0 Å². The topological polar surface area (TPSA) is 64.5 Å². The van der Waals surface area contributed by atoms with Crippen molar-refractivity contribution in [2.45, 2.75) is 12.2 Å². The first-order valence-electron chi connectivity index (χ1n) is 9.28. The standard InChI is InChI=1S/C22H23NO4/c24-18(14-25-19-10-9-16-5-1-2-6-17(16)11-19)12-23-13-20-15-26-21-7-3-4-8-22(21)27-20/h1-11,18,20,23-24H,12-15H2/p+1/t18-,20+/m1/s1. The molecule has 1 aliphatic rings. The molecule has 5 nitrogen and oxygen atoms in total. The molecule has 0 radical (unpaired) electrons. The summed E-state index contributed by atoms with van der Waals surface area (Å²) in [4.78, 5) is 0. The van der Waals surface area contributed by atoms with Crippen molar-refractivity contribution in [2.24, 2.45) is 0 Å². The molecule has 0 aromatic heterocycles. The second-order valence-corrected chi connectivity index (χ2v) is 6.73. The molecule has 0 fully saturated rings. The highest BCUT2D eigenvalue weighted by Crippen LogP contribution is 2.30. The summed E-state index contributed by atoms with van der Waals surface area (Å²) < 4.78 is 17.4. The molecule has 0 saturated heterocycles. The van der Waals surface area contributed by atoms with Gasteiger partial charge in [-0.25, -0.2) is 0 Å². The van der Waals surface area contributed by atoms with E-state index < -0.39 is 6.10 Å². The van der Waals surface area contributed by atoms with Crippen LogP contribution in [0.15, 0.2) is 66.7 Å². The molecule has 140 valence electrons. The number of para-hydroxylation sites is 2. The van der Waals surface area contributed by atoms with Crippen molar-refractivity contribution in [3.05, 3.63) is 66.7 Å². The first-order valence-corrected chi connectivity index (χ1v) is 9.28. The van der Waals surface area contributed by atoms with Crippen LogP contribution in [0.3, 0.4) is 0 Å². The van der Waals surface area contributed by atoms with E-state index in [0.717, 1.165) is 29.2 Å². The van der Waals surface area contributed by atoms with Crippen LogP contribution in [0.2, 0.25) is 0 Å². The maximum Gasteiger partial charge on any atom is 0.181 e. The Hall–Kier alpha value is -2.76. The first kappa shape index (κ1) is 17.6. The number of hydrogen-bond donors (Lipinski definition) is 2. The SMILES string of the molecule is O[C@H](C[NH2+]C[C@H]1COc2ccccc2O1)COc1ccc2ccccc2c1. The van der Waals surface area contributed by atoms with Gasteiger partial charge in [-0.15, -0.1) is 0 Å². The fourth-order valence-corrected chi connectivity index (χ4v) is 3.17. The van der Waals surface area contributed by atoms with Crippen LogP contribution in [-0.4, -0.2) is 43.6 Å². The minimum absolute atomic E-state index is 0.0199. The van der Waals surface area contributed by atoms with E-state index in [-0.39, 0.29) is 12.7 Å². The minimum Gasteiger partial charge on any atom is -0.491 e. The van der Waals surface area contributed by atoms with Crippen LogP contribution >= 0.6 is 0 Å². The van der Waals surface area contributed by atoms with Gasteiger partial charge < -0.3 is 24.6 Å². The molecule has 3 aromatic rings. The quantitative estimate of drug-likeness (QED) is 0.671. The van der Waals surface area contributed by atoms with E-state index in [2.05, 4.69) is 12.1 Å². The van der Waals surface area contributed by atoms with Crippen LogP contribution in [0.1, 0.15) is 0 Å². The number of hydrogen-bond acceptors (Lipinski definition) is 4. The molecule has 3 N–H and O–H groups in total. The molecular weight excluding hydrogens is 342 g/mol. The van der Waals surface area contributed by atoms with E-state index in [9.17, 15) is 5.11 Å². The molecule has 1 aliphatic heterocycles. The Morgan fingerprint density at radius 3 is 2.67 bits per heavy atom. The Labute approximate surface area is 158 Å². The van der Waals surface area contributed by atoms with E-state index >= 15 is 0 Å². The summed E-state index contributed by atoms with van der Waals surface area (Å²) in [6.07, 6.45) is -0.568. The van der Waals surface area contributed by atoms with Gasteiger partial charge in [0.2, 0.25) is 0 Å². The van der Waals surface area contributed by atoms with Crippen LogP contribution in [0, 0.1) is 0 Å². The maximum atomic E-state index is 10.2. The fraction of sp³-hybridized carbons (Fsp3) is 0.273. The van der Waals surface area contributed by atoms with Gasteiger partial charge in [-0.2, -0.15) is 0 Å². The van der Waals surface area contributed by atoms with Crippen LogP contribution in [0.4, 0.5) is 0 Å². The average Bonchev–Trinajstić information content (AvgIpc) is 2.72. The maximum absolute atomic E-state index is 10.2. The molecule has 1 heterocycles. The third-order valence-corrected chi connectivity index (χ3v) is 4.60. The number of rotatable bonds is 7. The van der Waals surface area contributed by atoms with Crippen molar-refractivity contribution in [1.82, 2.24) is 0 Å². The molecule has 5 heteroatoms. The lowest BCUT2D eigenvalue weighted by Gasteiger charge is -2.25. The van der Waals surface area contributed by atoms with Crippen molar-refractivity contribution >= 4 is 10.8 Å². The lowest BCUT2D eigenvalue weighted by atomic mass is 10.1.